The molecule has 1 aliphatic rings. The Kier molecular flexibility index (Phi) is 2.34. The Hall–Kier alpha value is -1.86. The van der Waals surface area contributed by atoms with Crippen LogP contribution in [0.3, 0.4) is 0 Å². The van der Waals surface area contributed by atoms with Gasteiger partial charge in [-0.3, -0.25) is 0 Å². The van der Waals surface area contributed by atoms with Gasteiger partial charge >= 0.3 is 0 Å². The maximum atomic E-state index is 9.13. The first-order chi connectivity index (χ1) is 8.31. The van der Waals surface area contributed by atoms with Gasteiger partial charge in [-0.1, -0.05) is 17.7 Å². The molecular formula is C12H9ClN4. The average Bonchev–Trinajstić information content (AvgIpc) is 3.15. The standard InChI is InChI=1S/C12H9ClN4/c13-12-9(7-14)11(8-4-5-8)16-17(12)10-3-1-2-6-15-10/h1-3,6,8H,4-5H2. The van der Waals surface area contributed by atoms with E-state index >= 15 is 0 Å². The molecule has 0 aliphatic heterocycles. The van der Waals surface area contributed by atoms with Crippen molar-refractivity contribution in [2.45, 2.75) is 18.8 Å². The summed E-state index contributed by atoms with van der Waals surface area (Å²) in [4.78, 5) is 4.18. The minimum absolute atomic E-state index is 0.355. The number of pyridine rings is 1. The van der Waals surface area contributed by atoms with Gasteiger partial charge in [0.2, 0.25) is 0 Å². The zero-order chi connectivity index (χ0) is 11.8. The third-order valence-electron chi connectivity index (χ3n) is 2.80. The molecule has 0 aromatic carbocycles. The van der Waals surface area contributed by atoms with E-state index in [1.54, 1.807) is 6.20 Å². The molecule has 2 aromatic rings. The van der Waals surface area contributed by atoms with E-state index in [0.717, 1.165) is 18.5 Å². The molecule has 0 amide bonds. The van der Waals surface area contributed by atoms with E-state index in [1.807, 2.05) is 18.2 Å². The highest BCUT2D eigenvalue weighted by atomic mass is 35.5. The first-order valence-corrected chi connectivity index (χ1v) is 5.79. The topological polar surface area (TPSA) is 54.5 Å². The second-order valence-corrected chi connectivity index (χ2v) is 4.39. The zero-order valence-electron chi connectivity index (χ0n) is 8.97. The summed E-state index contributed by atoms with van der Waals surface area (Å²) in [6, 6.07) is 7.64. The largest absolute Gasteiger partial charge is 0.237 e. The van der Waals surface area contributed by atoms with E-state index < -0.39 is 0 Å². The predicted octanol–water partition coefficient (Wildman–Crippen LogP) is 2.67. The first-order valence-electron chi connectivity index (χ1n) is 5.41. The third-order valence-corrected chi connectivity index (χ3v) is 3.15. The molecule has 2 aromatic heterocycles. The SMILES string of the molecule is N#Cc1c(C2CC2)nn(-c2ccccn2)c1Cl. The van der Waals surface area contributed by atoms with Crippen LogP contribution in [-0.2, 0) is 0 Å². The van der Waals surface area contributed by atoms with Gasteiger partial charge in [-0.25, -0.2) is 9.67 Å². The van der Waals surface area contributed by atoms with Gasteiger partial charge in [0.15, 0.2) is 11.0 Å². The van der Waals surface area contributed by atoms with Crippen LogP contribution in [0.1, 0.15) is 30.0 Å². The van der Waals surface area contributed by atoms with Crippen molar-refractivity contribution in [1.29, 1.82) is 5.26 Å². The maximum Gasteiger partial charge on any atom is 0.155 e. The van der Waals surface area contributed by atoms with Crippen molar-refractivity contribution in [3.8, 4) is 11.9 Å². The molecule has 4 nitrogen and oxygen atoms in total. The maximum absolute atomic E-state index is 9.13. The van der Waals surface area contributed by atoms with E-state index in [-0.39, 0.29) is 0 Å². The molecular weight excluding hydrogens is 236 g/mol. The van der Waals surface area contributed by atoms with Crippen molar-refractivity contribution in [3.63, 3.8) is 0 Å². The highest BCUT2D eigenvalue weighted by Gasteiger charge is 2.31. The van der Waals surface area contributed by atoms with Gasteiger partial charge in [0.1, 0.15) is 11.6 Å². The molecule has 17 heavy (non-hydrogen) atoms. The van der Waals surface area contributed by atoms with Crippen molar-refractivity contribution in [2.24, 2.45) is 0 Å². The highest BCUT2D eigenvalue weighted by molar-refractivity contribution is 6.31. The molecule has 0 N–H and O–H groups in total. The molecule has 5 heteroatoms. The van der Waals surface area contributed by atoms with E-state index in [9.17, 15) is 0 Å². The fraction of sp³-hybridized carbons (Fsp3) is 0.250. The van der Waals surface area contributed by atoms with E-state index in [2.05, 4.69) is 16.2 Å². The molecule has 1 fully saturated rings. The molecule has 2 heterocycles. The summed E-state index contributed by atoms with van der Waals surface area (Å²) in [6.07, 6.45) is 3.85. The summed E-state index contributed by atoms with van der Waals surface area (Å²) < 4.78 is 1.54. The lowest BCUT2D eigenvalue weighted by molar-refractivity contribution is 0.813. The van der Waals surface area contributed by atoms with Gasteiger partial charge in [-0.05, 0) is 25.0 Å². The number of hydrogen-bond acceptors (Lipinski definition) is 3. The molecule has 0 atom stereocenters. The molecule has 0 unspecified atom stereocenters. The molecule has 0 radical (unpaired) electrons. The van der Waals surface area contributed by atoms with Crippen molar-refractivity contribution < 1.29 is 0 Å². The van der Waals surface area contributed by atoms with Crippen LogP contribution >= 0.6 is 11.6 Å². The van der Waals surface area contributed by atoms with Crippen molar-refractivity contribution >= 4 is 11.6 Å². The smallest absolute Gasteiger partial charge is 0.155 e. The molecule has 1 aliphatic carbocycles. The molecule has 84 valence electrons. The summed E-state index contributed by atoms with van der Waals surface area (Å²) in [5.41, 5.74) is 1.29. The lowest BCUT2D eigenvalue weighted by Crippen LogP contribution is -1.99. The van der Waals surface area contributed by atoms with Crippen LogP contribution in [0.4, 0.5) is 0 Å². The van der Waals surface area contributed by atoms with Gasteiger partial charge < -0.3 is 0 Å². The summed E-state index contributed by atoms with van der Waals surface area (Å²) in [5.74, 6) is 1.04. The van der Waals surface area contributed by atoms with E-state index in [1.165, 1.54) is 4.68 Å². The van der Waals surface area contributed by atoms with Crippen LogP contribution in [0.2, 0.25) is 5.15 Å². The quantitative estimate of drug-likeness (QED) is 0.816. The van der Waals surface area contributed by atoms with Gasteiger partial charge in [0.05, 0.1) is 5.69 Å². The molecule has 0 bridgehead atoms. The number of aromatic nitrogens is 3. The molecule has 0 spiro atoms. The van der Waals surface area contributed by atoms with Gasteiger partial charge in [0, 0.05) is 12.1 Å². The summed E-state index contributed by atoms with van der Waals surface area (Å²) >= 11 is 6.17. The van der Waals surface area contributed by atoms with Crippen molar-refractivity contribution in [1.82, 2.24) is 14.8 Å². The Bertz CT molecular complexity index is 593. The minimum Gasteiger partial charge on any atom is -0.237 e. The summed E-state index contributed by atoms with van der Waals surface area (Å²) in [5, 5.41) is 13.9. The molecule has 0 saturated heterocycles. The fourth-order valence-corrected chi connectivity index (χ4v) is 2.05. The van der Waals surface area contributed by atoms with E-state index in [0.29, 0.717) is 22.5 Å². The van der Waals surface area contributed by atoms with Crippen molar-refractivity contribution in [3.05, 3.63) is 40.8 Å². The predicted molar refractivity (Wildman–Crippen MR) is 63.1 cm³/mol. The molecule has 1 saturated carbocycles. The van der Waals surface area contributed by atoms with Gasteiger partial charge in [-0.15, -0.1) is 0 Å². The second kappa shape index (κ2) is 3.86. The Balaban J connectivity index is 2.16. The van der Waals surface area contributed by atoms with Crippen LogP contribution < -0.4 is 0 Å². The first kappa shape index (κ1) is 10.3. The minimum atomic E-state index is 0.355. The number of nitrogens with zero attached hydrogens (tertiary/aromatic N) is 4. The fourth-order valence-electron chi connectivity index (χ4n) is 1.79. The Morgan fingerprint density at radius 2 is 2.24 bits per heavy atom. The third kappa shape index (κ3) is 1.69. The van der Waals surface area contributed by atoms with Gasteiger partial charge in [0.25, 0.3) is 0 Å². The second-order valence-electron chi connectivity index (χ2n) is 4.04. The van der Waals surface area contributed by atoms with Crippen LogP contribution in [0.5, 0.6) is 0 Å². The van der Waals surface area contributed by atoms with Gasteiger partial charge in [-0.2, -0.15) is 10.4 Å². The lowest BCUT2D eigenvalue weighted by Gasteiger charge is -1.99. The number of hydrogen-bond donors (Lipinski definition) is 0. The normalized spacial score (nSPS) is 14.6. The Morgan fingerprint density at radius 3 is 2.82 bits per heavy atom. The zero-order valence-corrected chi connectivity index (χ0v) is 9.72. The monoisotopic (exact) mass is 244 g/mol. The van der Waals surface area contributed by atoms with Crippen LogP contribution in [0.15, 0.2) is 24.4 Å². The van der Waals surface area contributed by atoms with Crippen molar-refractivity contribution in [2.75, 3.05) is 0 Å². The average molecular weight is 245 g/mol. The summed E-state index contributed by atoms with van der Waals surface area (Å²) in [6.45, 7) is 0. The molecule has 3 rings (SSSR count). The summed E-state index contributed by atoms with van der Waals surface area (Å²) in [7, 11) is 0. The number of rotatable bonds is 2. The number of nitriles is 1. The Labute approximate surface area is 103 Å². The lowest BCUT2D eigenvalue weighted by atomic mass is 10.2. The highest BCUT2D eigenvalue weighted by Crippen LogP contribution is 2.42. The van der Waals surface area contributed by atoms with Crippen LogP contribution in [0.25, 0.3) is 5.82 Å². The Morgan fingerprint density at radius 1 is 1.41 bits per heavy atom. The van der Waals surface area contributed by atoms with Crippen LogP contribution in [0, 0.1) is 11.3 Å². The number of halogens is 1. The van der Waals surface area contributed by atoms with Crippen LogP contribution in [-0.4, -0.2) is 14.8 Å². The van der Waals surface area contributed by atoms with E-state index in [4.69, 9.17) is 16.9 Å².